The van der Waals surface area contributed by atoms with Gasteiger partial charge in [0.05, 0.1) is 11.4 Å². The van der Waals surface area contributed by atoms with Gasteiger partial charge in [-0.25, -0.2) is 13.8 Å². The summed E-state index contributed by atoms with van der Waals surface area (Å²) in [5.41, 5.74) is 1.08. The molecule has 0 aliphatic rings. The van der Waals surface area contributed by atoms with E-state index in [0.29, 0.717) is 22.9 Å². The standard InChI is InChI=1S/C26H19F2N3O3S/c1-17(32)31(24-8-3-2-7-23(24)28)26-30-20(16-35-26)11-14-25(33)29-19-9-12-21(13-10-19)34-22-6-4-5-18(27)15-22/h2-16H,1H3,(H,29,33)/b14-11+. The van der Waals surface area contributed by atoms with E-state index in [9.17, 15) is 18.4 Å². The van der Waals surface area contributed by atoms with E-state index in [1.165, 1.54) is 54.3 Å². The van der Waals surface area contributed by atoms with Crippen molar-refractivity contribution in [2.45, 2.75) is 6.92 Å². The lowest BCUT2D eigenvalue weighted by Crippen LogP contribution is -2.23. The highest BCUT2D eigenvalue weighted by Gasteiger charge is 2.20. The molecule has 2 amide bonds. The second kappa shape index (κ2) is 10.7. The van der Waals surface area contributed by atoms with Gasteiger partial charge in [0.2, 0.25) is 11.8 Å². The van der Waals surface area contributed by atoms with Crippen molar-refractivity contribution in [1.29, 1.82) is 0 Å². The normalized spacial score (nSPS) is 10.8. The molecule has 0 atom stereocenters. The Balaban J connectivity index is 1.39. The summed E-state index contributed by atoms with van der Waals surface area (Å²) in [6.07, 6.45) is 2.80. The predicted molar refractivity (Wildman–Crippen MR) is 132 cm³/mol. The Morgan fingerprint density at radius 1 is 1.00 bits per heavy atom. The fraction of sp³-hybridized carbons (Fsp3) is 0.0385. The van der Waals surface area contributed by atoms with E-state index in [2.05, 4.69) is 10.3 Å². The number of hydrogen-bond donors (Lipinski definition) is 1. The van der Waals surface area contributed by atoms with E-state index >= 15 is 0 Å². The Kier molecular flexibility index (Phi) is 7.27. The predicted octanol–water partition coefficient (Wildman–Crippen LogP) is 6.55. The van der Waals surface area contributed by atoms with Gasteiger partial charge < -0.3 is 10.1 Å². The van der Waals surface area contributed by atoms with Crippen molar-refractivity contribution in [1.82, 2.24) is 4.98 Å². The molecule has 0 fully saturated rings. The zero-order chi connectivity index (χ0) is 24.8. The number of nitrogens with zero attached hydrogens (tertiary/aromatic N) is 2. The molecule has 4 aromatic rings. The summed E-state index contributed by atoms with van der Waals surface area (Å²) >= 11 is 1.16. The third kappa shape index (κ3) is 6.15. The molecule has 0 aliphatic carbocycles. The van der Waals surface area contributed by atoms with Gasteiger partial charge in [-0.05, 0) is 54.6 Å². The molecule has 3 aromatic carbocycles. The van der Waals surface area contributed by atoms with Crippen molar-refractivity contribution in [3.8, 4) is 11.5 Å². The Morgan fingerprint density at radius 2 is 1.77 bits per heavy atom. The first-order valence-corrected chi connectivity index (χ1v) is 11.3. The Bertz CT molecular complexity index is 1390. The number of rotatable bonds is 7. The minimum atomic E-state index is -0.540. The number of carbonyl (C=O) groups is 2. The molecule has 0 saturated carbocycles. The topological polar surface area (TPSA) is 71.5 Å². The lowest BCUT2D eigenvalue weighted by atomic mass is 10.3. The summed E-state index contributed by atoms with van der Waals surface area (Å²) in [6.45, 7) is 1.32. The number of ether oxygens (including phenoxy) is 1. The summed E-state index contributed by atoms with van der Waals surface area (Å²) in [6, 6.07) is 18.3. The molecule has 0 aliphatic heterocycles. The number of amides is 2. The average molecular weight is 492 g/mol. The SMILES string of the molecule is CC(=O)N(c1nc(/C=C/C(=O)Nc2ccc(Oc3cccc(F)c3)cc2)cs1)c1ccccc1F. The van der Waals surface area contributed by atoms with Crippen molar-refractivity contribution in [2.75, 3.05) is 10.2 Å². The van der Waals surface area contributed by atoms with Gasteiger partial charge in [0.15, 0.2) is 5.13 Å². The average Bonchev–Trinajstić information content (AvgIpc) is 3.29. The zero-order valence-corrected chi connectivity index (χ0v) is 19.3. The second-order valence-electron chi connectivity index (χ2n) is 7.27. The van der Waals surface area contributed by atoms with Crippen molar-refractivity contribution in [3.63, 3.8) is 0 Å². The number of anilines is 3. The van der Waals surface area contributed by atoms with E-state index in [1.54, 1.807) is 47.8 Å². The molecular weight excluding hydrogens is 472 g/mol. The number of hydrogen-bond acceptors (Lipinski definition) is 5. The lowest BCUT2D eigenvalue weighted by molar-refractivity contribution is -0.116. The summed E-state index contributed by atoms with van der Waals surface area (Å²) in [5, 5.41) is 4.66. The van der Waals surface area contributed by atoms with Crippen LogP contribution in [-0.4, -0.2) is 16.8 Å². The van der Waals surface area contributed by atoms with E-state index < -0.39 is 17.5 Å². The molecule has 4 rings (SSSR count). The molecule has 0 saturated heterocycles. The van der Waals surface area contributed by atoms with Crippen LogP contribution < -0.4 is 15.0 Å². The Morgan fingerprint density at radius 3 is 2.49 bits per heavy atom. The first-order chi connectivity index (χ1) is 16.9. The minimum absolute atomic E-state index is 0.104. The van der Waals surface area contributed by atoms with Gasteiger partial charge >= 0.3 is 0 Å². The molecule has 1 heterocycles. The number of benzene rings is 3. The number of nitrogens with one attached hydrogen (secondary N) is 1. The number of thiazole rings is 1. The Hall–Kier alpha value is -4.37. The number of para-hydroxylation sites is 1. The van der Waals surface area contributed by atoms with Gasteiger partial charge in [0.25, 0.3) is 0 Å². The van der Waals surface area contributed by atoms with Crippen molar-refractivity contribution >= 4 is 45.7 Å². The first-order valence-electron chi connectivity index (χ1n) is 10.4. The smallest absolute Gasteiger partial charge is 0.248 e. The summed E-state index contributed by atoms with van der Waals surface area (Å²) in [7, 11) is 0. The van der Waals surface area contributed by atoms with Gasteiger partial charge in [-0.3, -0.25) is 14.5 Å². The zero-order valence-electron chi connectivity index (χ0n) is 18.4. The fourth-order valence-electron chi connectivity index (χ4n) is 3.11. The van der Waals surface area contributed by atoms with Gasteiger partial charge in [0.1, 0.15) is 23.1 Å². The van der Waals surface area contributed by atoms with Crippen LogP contribution in [0.15, 0.2) is 84.3 Å². The number of halogens is 2. The van der Waals surface area contributed by atoms with Crippen LogP contribution in [0, 0.1) is 11.6 Å². The van der Waals surface area contributed by atoms with Crippen LogP contribution in [-0.2, 0) is 9.59 Å². The quantitative estimate of drug-likeness (QED) is 0.298. The Labute approximate surface area is 204 Å². The van der Waals surface area contributed by atoms with Crippen molar-refractivity contribution < 1.29 is 23.1 Å². The third-order valence-electron chi connectivity index (χ3n) is 4.67. The van der Waals surface area contributed by atoms with Crippen LogP contribution in [0.25, 0.3) is 6.08 Å². The first kappa shape index (κ1) is 23.8. The van der Waals surface area contributed by atoms with Crippen molar-refractivity contribution in [2.24, 2.45) is 0 Å². The molecule has 176 valence electrons. The van der Waals surface area contributed by atoms with Crippen LogP contribution >= 0.6 is 11.3 Å². The van der Waals surface area contributed by atoms with Crippen LogP contribution in [0.3, 0.4) is 0 Å². The van der Waals surface area contributed by atoms with E-state index in [0.717, 1.165) is 11.3 Å². The minimum Gasteiger partial charge on any atom is -0.457 e. The lowest BCUT2D eigenvalue weighted by Gasteiger charge is -2.18. The third-order valence-corrected chi connectivity index (χ3v) is 5.51. The van der Waals surface area contributed by atoms with Crippen LogP contribution in [0.1, 0.15) is 12.6 Å². The maximum absolute atomic E-state index is 14.2. The molecule has 1 aromatic heterocycles. The monoisotopic (exact) mass is 491 g/mol. The highest BCUT2D eigenvalue weighted by Crippen LogP contribution is 2.31. The molecule has 0 spiro atoms. The van der Waals surface area contributed by atoms with E-state index in [-0.39, 0.29) is 16.7 Å². The van der Waals surface area contributed by atoms with Crippen LogP contribution in [0.2, 0.25) is 0 Å². The molecule has 6 nitrogen and oxygen atoms in total. The maximum atomic E-state index is 14.2. The molecular formula is C26H19F2N3O3S. The molecule has 0 bridgehead atoms. The molecule has 0 unspecified atom stereocenters. The molecule has 1 N–H and O–H groups in total. The highest BCUT2D eigenvalue weighted by atomic mass is 32.1. The van der Waals surface area contributed by atoms with Gasteiger partial charge in [-0.1, -0.05) is 18.2 Å². The summed E-state index contributed by atoms with van der Waals surface area (Å²) in [5.74, 6) is -0.860. The van der Waals surface area contributed by atoms with Crippen LogP contribution in [0.5, 0.6) is 11.5 Å². The van der Waals surface area contributed by atoms with Gasteiger partial charge in [-0.2, -0.15) is 0 Å². The second-order valence-corrected chi connectivity index (χ2v) is 8.10. The fourth-order valence-corrected chi connectivity index (χ4v) is 3.96. The van der Waals surface area contributed by atoms with Gasteiger partial charge in [-0.15, -0.1) is 11.3 Å². The molecule has 0 radical (unpaired) electrons. The van der Waals surface area contributed by atoms with Crippen LogP contribution in [0.4, 0.5) is 25.3 Å². The van der Waals surface area contributed by atoms with Crippen molar-refractivity contribution in [3.05, 3.63) is 102 Å². The van der Waals surface area contributed by atoms with E-state index in [1.807, 2.05) is 0 Å². The number of carbonyl (C=O) groups excluding carboxylic acids is 2. The molecule has 9 heteroatoms. The summed E-state index contributed by atoms with van der Waals surface area (Å²) < 4.78 is 33.0. The largest absolute Gasteiger partial charge is 0.457 e. The maximum Gasteiger partial charge on any atom is 0.248 e. The number of aromatic nitrogens is 1. The van der Waals surface area contributed by atoms with E-state index in [4.69, 9.17) is 4.74 Å². The van der Waals surface area contributed by atoms with Gasteiger partial charge in [0, 0.05) is 30.1 Å². The molecule has 35 heavy (non-hydrogen) atoms. The summed E-state index contributed by atoms with van der Waals surface area (Å²) in [4.78, 5) is 30.0. The highest BCUT2D eigenvalue weighted by molar-refractivity contribution is 7.14.